The zero-order valence-corrected chi connectivity index (χ0v) is 12.4. The van der Waals surface area contributed by atoms with Gasteiger partial charge in [-0.2, -0.15) is 11.8 Å². The van der Waals surface area contributed by atoms with E-state index in [0.29, 0.717) is 12.0 Å². The Kier molecular flexibility index (Phi) is 5.37. The summed E-state index contributed by atoms with van der Waals surface area (Å²) in [4.78, 5) is 12.3. The Bertz CT molecular complexity index is 285. The smallest absolute Gasteiger partial charge is 0.237 e. The molecule has 1 heterocycles. The summed E-state index contributed by atoms with van der Waals surface area (Å²) in [6, 6.07) is 0.438. The summed E-state index contributed by atoms with van der Waals surface area (Å²) in [5, 5.41) is 7.37. The van der Waals surface area contributed by atoms with Gasteiger partial charge in [0.2, 0.25) is 5.91 Å². The summed E-state index contributed by atoms with van der Waals surface area (Å²) >= 11 is 1.95. The monoisotopic (exact) mass is 270 g/mol. The molecule has 18 heavy (non-hydrogen) atoms. The summed E-state index contributed by atoms with van der Waals surface area (Å²) in [6.45, 7) is 3.17. The Morgan fingerprint density at radius 1 is 1.28 bits per heavy atom. The van der Waals surface area contributed by atoms with Gasteiger partial charge in [0.15, 0.2) is 0 Å². The number of nitrogens with one attached hydrogen (secondary N) is 2. The number of hydrogen-bond acceptors (Lipinski definition) is 3. The van der Waals surface area contributed by atoms with E-state index >= 15 is 0 Å². The van der Waals surface area contributed by atoms with Crippen LogP contribution in [0.3, 0.4) is 0 Å². The lowest BCUT2D eigenvalue weighted by atomic mass is 9.90. The number of thioether (sulfide) groups is 1. The van der Waals surface area contributed by atoms with E-state index in [-0.39, 0.29) is 11.9 Å². The summed E-state index contributed by atoms with van der Waals surface area (Å²) in [5.74, 6) is 0.702. The normalized spacial score (nSPS) is 37.2. The van der Waals surface area contributed by atoms with Crippen molar-refractivity contribution in [2.75, 3.05) is 12.8 Å². The van der Waals surface area contributed by atoms with Gasteiger partial charge in [-0.1, -0.05) is 13.3 Å². The van der Waals surface area contributed by atoms with Crippen molar-refractivity contribution in [2.24, 2.45) is 5.92 Å². The van der Waals surface area contributed by atoms with E-state index in [1.54, 1.807) is 0 Å². The average Bonchev–Trinajstić information content (AvgIpc) is 2.39. The molecule has 1 saturated heterocycles. The third-order valence-electron chi connectivity index (χ3n) is 4.36. The van der Waals surface area contributed by atoms with E-state index in [1.807, 2.05) is 11.8 Å². The van der Waals surface area contributed by atoms with Gasteiger partial charge in [-0.15, -0.1) is 0 Å². The largest absolute Gasteiger partial charge is 0.352 e. The number of amides is 1. The zero-order chi connectivity index (χ0) is 13.0. The van der Waals surface area contributed by atoms with E-state index in [2.05, 4.69) is 23.8 Å². The molecule has 4 unspecified atom stereocenters. The molecule has 2 fully saturated rings. The van der Waals surface area contributed by atoms with Crippen LogP contribution < -0.4 is 10.6 Å². The summed E-state index contributed by atoms with van der Waals surface area (Å²) in [5.41, 5.74) is 0. The number of carbonyl (C=O) groups is 1. The van der Waals surface area contributed by atoms with Crippen LogP contribution in [-0.2, 0) is 4.79 Å². The first-order valence-electron chi connectivity index (χ1n) is 7.27. The maximum absolute atomic E-state index is 12.3. The fraction of sp³-hybridized carbons (Fsp3) is 0.929. The van der Waals surface area contributed by atoms with Crippen LogP contribution in [-0.4, -0.2) is 36.0 Å². The second kappa shape index (κ2) is 6.80. The van der Waals surface area contributed by atoms with Crippen LogP contribution >= 0.6 is 11.8 Å². The molecule has 0 aromatic carbocycles. The van der Waals surface area contributed by atoms with Crippen LogP contribution in [0.25, 0.3) is 0 Å². The van der Waals surface area contributed by atoms with Crippen LogP contribution in [0.1, 0.15) is 45.4 Å². The molecule has 1 saturated carbocycles. The molecule has 4 atom stereocenters. The van der Waals surface area contributed by atoms with Crippen molar-refractivity contribution in [3.05, 3.63) is 0 Å². The molecule has 1 aliphatic heterocycles. The highest BCUT2D eigenvalue weighted by Gasteiger charge is 2.30. The van der Waals surface area contributed by atoms with Gasteiger partial charge < -0.3 is 10.6 Å². The van der Waals surface area contributed by atoms with Crippen molar-refractivity contribution in [2.45, 2.75) is 62.8 Å². The maximum atomic E-state index is 12.3. The SMILES string of the molecule is CSC1CCCC(NC(=O)C2NCCCC2C)C1. The molecule has 1 aliphatic carbocycles. The molecule has 0 spiro atoms. The van der Waals surface area contributed by atoms with E-state index in [1.165, 1.54) is 25.7 Å². The second-order valence-electron chi connectivity index (χ2n) is 5.78. The van der Waals surface area contributed by atoms with Crippen LogP contribution in [0.5, 0.6) is 0 Å². The summed E-state index contributed by atoms with van der Waals surface area (Å²) < 4.78 is 0. The minimum absolute atomic E-state index is 0.0356. The molecular weight excluding hydrogens is 244 g/mol. The lowest BCUT2D eigenvalue weighted by Gasteiger charge is -2.33. The number of piperidine rings is 1. The van der Waals surface area contributed by atoms with Crippen molar-refractivity contribution < 1.29 is 4.79 Å². The van der Waals surface area contributed by atoms with Crippen molar-refractivity contribution in [3.63, 3.8) is 0 Å². The van der Waals surface area contributed by atoms with Crippen LogP contribution in [0.15, 0.2) is 0 Å². The van der Waals surface area contributed by atoms with Gasteiger partial charge in [-0.05, 0) is 50.8 Å². The maximum Gasteiger partial charge on any atom is 0.237 e. The Hall–Kier alpha value is -0.220. The number of hydrogen-bond donors (Lipinski definition) is 2. The highest BCUT2D eigenvalue weighted by Crippen LogP contribution is 2.27. The van der Waals surface area contributed by atoms with Crippen LogP contribution in [0.2, 0.25) is 0 Å². The molecule has 2 N–H and O–H groups in total. The van der Waals surface area contributed by atoms with Gasteiger partial charge in [0.1, 0.15) is 0 Å². The highest BCUT2D eigenvalue weighted by molar-refractivity contribution is 7.99. The van der Waals surface area contributed by atoms with E-state index in [4.69, 9.17) is 0 Å². The average molecular weight is 270 g/mol. The fourth-order valence-electron chi connectivity index (χ4n) is 3.18. The minimum atomic E-state index is 0.0356. The molecule has 0 bridgehead atoms. The number of carbonyl (C=O) groups excluding carboxylic acids is 1. The van der Waals surface area contributed by atoms with E-state index < -0.39 is 0 Å². The zero-order valence-electron chi connectivity index (χ0n) is 11.6. The van der Waals surface area contributed by atoms with Crippen LogP contribution in [0, 0.1) is 5.92 Å². The molecule has 0 aromatic rings. The lowest BCUT2D eigenvalue weighted by molar-refractivity contribution is -0.125. The first-order valence-corrected chi connectivity index (χ1v) is 8.56. The molecule has 2 rings (SSSR count). The van der Waals surface area contributed by atoms with Crippen LogP contribution in [0.4, 0.5) is 0 Å². The van der Waals surface area contributed by atoms with Gasteiger partial charge in [-0.25, -0.2) is 0 Å². The Morgan fingerprint density at radius 3 is 2.83 bits per heavy atom. The highest BCUT2D eigenvalue weighted by atomic mass is 32.2. The van der Waals surface area contributed by atoms with Crippen molar-refractivity contribution >= 4 is 17.7 Å². The quantitative estimate of drug-likeness (QED) is 0.826. The van der Waals surface area contributed by atoms with E-state index in [0.717, 1.165) is 24.6 Å². The second-order valence-corrected chi connectivity index (χ2v) is 6.92. The molecule has 2 aliphatic rings. The predicted octanol–water partition coefficient (Wildman–Crippen LogP) is 2.16. The standard InChI is InChI=1S/C14H26N2OS/c1-10-5-4-8-15-13(10)14(17)16-11-6-3-7-12(9-11)18-2/h10-13,15H,3-9H2,1-2H3,(H,16,17). The van der Waals surface area contributed by atoms with Gasteiger partial charge in [0, 0.05) is 11.3 Å². The van der Waals surface area contributed by atoms with Gasteiger partial charge in [0.25, 0.3) is 0 Å². The first kappa shape index (κ1) is 14.2. The molecule has 1 amide bonds. The topological polar surface area (TPSA) is 41.1 Å². The lowest BCUT2D eigenvalue weighted by Crippen LogP contribution is -2.53. The predicted molar refractivity (Wildman–Crippen MR) is 77.9 cm³/mol. The van der Waals surface area contributed by atoms with Gasteiger partial charge in [-0.3, -0.25) is 4.79 Å². The fourth-order valence-corrected chi connectivity index (χ4v) is 4.01. The van der Waals surface area contributed by atoms with Crippen molar-refractivity contribution in [3.8, 4) is 0 Å². The molecule has 0 radical (unpaired) electrons. The van der Waals surface area contributed by atoms with Gasteiger partial charge in [0.05, 0.1) is 6.04 Å². The van der Waals surface area contributed by atoms with E-state index in [9.17, 15) is 4.79 Å². The molecule has 4 heteroatoms. The molecule has 104 valence electrons. The molecule has 0 aromatic heterocycles. The third kappa shape index (κ3) is 3.64. The summed E-state index contributed by atoms with van der Waals surface area (Å²) in [7, 11) is 0. The van der Waals surface area contributed by atoms with Crippen molar-refractivity contribution in [1.82, 2.24) is 10.6 Å². The Balaban J connectivity index is 1.82. The summed E-state index contributed by atoms with van der Waals surface area (Å²) in [6.07, 6.45) is 9.42. The number of rotatable bonds is 3. The van der Waals surface area contributed by atoms with Crippen molar-refractivity contribution in [1.29, 1.82) is 0 Å². The first-order chi connectivity index (χ1) is 8.70. The Morgan fingerprint density at radius 2 is 2.11 bits per heavy atom. The third-order valence-corrected chi connectivity index (χ3v) is 5.45. The minimum Gasteiger partial charge on any atom is -0.352 e. The Labute approximate surface area is 115 Å². The molecular formula is C14H26N2OS. The molecule has 3 nitrogen and oxygen atoms in total. The van der Waals surface area contributed by atoms with Gasteiger partial charge >= 0.3 is 0 Å².